The number of nitrogens with zero attached hydrogens (tertiary/aromatic N) is 5. The highest BCUT2D eigenvalue weighted by molar-refractivity contribution is 9.11. The lowest BCUT2D eigenvalue weighted by molar-refractivity contribution is -0.141. The van der Waals surface area contributed by atoms with Gasteiger partial charge in [-0.1, -0.05) is 12.1 Å². The Kier molecular flexibility index (Phi) is 11.9. The van der Waals surface area contributed by atoms with E-state index in [0.29, 0.717) is 65.4 Å². The summed E-state index contributed by atoms with van der Waals surface area (Å²) in [6.45, 7) is 2.40. The van der Waals surface area contributed by atoms with Gasteiger partial charge in [0.1, 0.15) is 28.0 Å². The SMILES string of the molecule is O=C(O)c1cc2c(Br)c(N3CCC(Oc4nccc(C(F)(F)F)n4)CC3)ccc2o1.O=C(O)c1cc2c(Br)c(N3CCN(S(=O)(=O)c4ccccc4F)CC3)ccc2o1. The number of sulfonamides is 1. The largest absolute Gasteiger partial charge is 0.475 e. The van der Waals surface area contributed by atoms with Gasteiger partial charge in [-0.2, -0.15) is 22.5 Å². The fourth-order valence-electron chi connectivity index (χ4n) is 6.71. The molecule has 0 radical (unpaired) electrons. The summed E-state index contributed by atoms with van der Waals surface area (Å²) >= 11 is 7.03. The predicted molar refractivity (Wildman–Crippen MR) is 212 cm³/mol. The molecule has 6 aromatic rings. The second-order valence-electron chi connectivity index (χ2n) is 13.3. The standard InChI is InChI=1S/C19H15BrF3N3O4.C19H16BrFN2O5S/c20-16-11-9-14(17(27)28)30-13(11)2-1-12(16)26-7-4-10(5-8-26)29-18-24-6-3-15(25-18)19(21,22)23;20-18-12-11-16(19(24)25)28-15(12)6-5-14(18)22-7-9-23(10-8-22)29(26,27)17-4-2-1-3-13(17)21/h1-3,6,9-10H,4-5,7-8H2,(H,27,28);1-6,11H,7-10H2,(H,24,25). The van der Waals surface area contributed by atoms with Crippen LogP contribution in [0.4, 0.5) is 28.9 Å². The lowest BCUT2D eigenvalue weighted by Gasteiger charge is -2.35. The maximum absolute atomic E-state index is 14.0. The minimum absolute atomic E-state index is 0.143. The molecule has 2 fully saturated rings. The van der Waals surface area contributed by atoms with E-state index >= 15 is 0 Å². The van der Waals surface area contributed by atoms with Gasteiger partial charge < -0.3 is 33.6 Å². The van der Waals surface area contributed by atoms with E-state index < -0.39 is 39.6 Å². The molecule has 3 aromatic carbocycles. The minimum atomic E-state index is -4.55. The number of piperidine rings is 1. The maximum Gasteiger partial charge on any atom is 0.433 e. The Labute approximate surface area is 349 Å². The van der Waals surface area contributed by atoms with Gasteiger partial charge in [0, 0.05) is 81.2 Å². The molecular weight excluding hydrogens is 938 g/mol. The fourth-order valence-corrected chi connectivity index (χ4v) is 9.59. The van der Waals surface area contributed by atoms with Crippen molar-refractivity contribution in [2.24, 2.45) is 0 Å². The number of hydrogen-bond donors (Lipinski definition) is 2. The fraction of sp³-hybridized carbons (Fsp3) is 0.263. The van der Waals surface area contributed by atoms with Crippen molar-refractivity contribution in [3.63, 3.8) is 0 Å². The topological polar surface area (TPSA) is 180 Å². The third kappa shape index (κ3) is 8.87. The summed E-state index contributed by atoms with van der Waals surface area (Å²) in [5.41, 5.74) is 1.54. The molecule has 21 heteroatoms. The Bertz CT molecular complexity index is 2660. The van der Waals surface area contributed by atoms with Crippen molar-refractivity contribution in [2.75, 3.05) is 49.1 Å². The molecule has 310 valence electrons. The van der Waals surface area contributed by atoms with Crippen LogP contribution in [-0.4, -0.2) is 90.2 Å². The predicted octanol–water partition coefficient (Wildman–Crippen LogP) is 8.29. The highest BCUT2D eigenvalue weighted by Gasteiger charge is 2.34. The molecule has 2 aliphatic heterocycles. The van der Waals surface area contributed by atoms with Crippen molar-refractivity contribution in [1.29, 1.82) is 0 Å². The number of carboxylic acid groups (broad SMARTS) is 2. The number of piperazine rings is 1. The Morgan fingerprint density at radius 3 is 1.81 bits per heavy atom. The number of ether oxygens (including phenoxy) is 1. The first kappa shape index (κ1) is 41.9. The highest BCUT2D eigenvalue weighted by atomic mass is 79.9. The van der Waals surface area contributed by atoms with Gasteiger partial charge in [0.25, 0.3) is 0 Å². The van der Waals surface area contributed by atoms with Gasteiger partial charge in [-0.15, -0.1) is 0 Å². The first-order chi connectivity index (χ1) is 28.0. The van der Waals surface area contributed by atoms with E-state index in [1.165, 1.54) is 34.6 Å². The number of furan rings is 2. The van der Waals surface area contributed by atoms with Crippen molar-refractivity contribution in [1.82, 2.24) is 14.3 Å². The number of fused-ring (bicyclic) bond motifs is 2. The van der Waals surface area contributed by atoms with Crippen LogP contribution >= 0.6 is 31.9 Å². The van der Waals surface area contributed by atoms with Crippen LogP contribution in [0.1, 0.15) is 39.6 Å². The Balaban J connectivity index is 0.000000179. The molecule has 14 nitrogen and oxygen atoms in total. The Morgan fingerprint density at radius 1 is 0.780 bits per heavy atom. The number of anilines is 2. The zero-order valence-electron chi connectivity index (χ0n) is 30.3. The Hall–Kier alpha value is -5.25. The zero-order chi connectivity index (χ0) is 42.2. The zero-order valence-corrected chi connectivity index (χ0v) is 34.3. The van der Waals surface area contributed by atoms with E-state index in [9.17, 15) is 35.6 Å². The van der Waals surface area contributed by atoms with Crippen molar-refractivity contribution in [3.05, 3.63) is 105 Å². The van der Waals surface area contributed by atoms with Crippen LogP contribution in [0.2, 0.25) is 0 Å². The molecule has 2 aliphatic rings. The maximum atomic E-state index is 14.0. The summed E-state index contributed by atoms with van der Waals surface area (Å²) in [4.78, 5) is 33.2. The van der Waals surface area contributed by atoms with Crippen LogP contribution in [0.25, 0.3) is 21.9 Å². The molecule has 0 spiro atoms. The minimum Gasteiger partial charge on any atom is -0.475 e. The molecule has 8 rings (SSSR count). The van der Waals surface area contributed by atoms with Gasteiger partial charge in [-0.25, -0.2) is 27.4 Å². The first-order valence-electron chi connectivity index (χ1n) is 17.7. The summed E-state index contributed by atoms with van der Waals surface area (Å²) in [6, 6.07) is 15.8. The van der Waals surface area contributed by atoms with Crippen molar-refractivity contribution >= 4 is 87.1 Å². The molecule has 59 heavy (non-hydrogen) atoms. The molecule has 2 saturated heterocycles. The summed E-state index contributed by atoms with van der Waals surface area (Å²) in [5.74, 6) is -3.36. The molecule has 5 heterocycles. The molecular formula is C38H31Br2F4N5O9S. The number of hydrogen-bond acceptors (Lipinski definition) is 11. The number of carboxylic acids is 2. The van der Waals surface area contributed by atoms with E-state index in [2.05, 4.69) is 46.7 Å². The average Bonchev–Trinajstić information content (AvgIpc) is 3.86. The van der Waals surface area contributed by atoms with Gasteiger partial charge >= 0.3 is 24.1 Å². The van der Waals surface area contributed by atoms with Crippen molar-refractivity contribution in [3.8, 4) is 6.01 Å². The van der Waals surface area contributed by atoms with Gasteiger partial charge in [-0.05, 0) is 74.3 Å². The highest BCUT2D eigenvalue weighted by Crippen LogP contribution is 2.38. The van der Waals surface area contributed by atoms with Crippen LogP contribution in [0.5, 0.6) is 6.01 Å². The van der Waals surface area contributed by atoms with E-state index in [4.69, 9.17) is 23.8 Å². The molecule has 0 bridgehead atoms. The van der Waals surface area contributed by atoms with Gasteiger partial charge in [0.05, 0.1) is 20.3 Å². The normalized spacial score (nSPS) is 15.6. The van der Waals surface area contributed by atoms with Gasteiger partial charge in [0.15, 0.2) is 5.69 Å². The van der Waals surface area contributed by atoms with Crippen LogP contribution in [0, 0.1) is 5.82 Å². The quantitative estimate of drug-likeness (QED) is 0.139. The molecule has 2 N–H and O–H groups in total. The van der Waals surface area contributed by atoms with Gasteiger partial charge in [0.2, 0.25) is 21.5 Å². The number of aromatic nitrogens is 2. The monoisotopic (exact) mass is 967 g/mol. The van der Waals surface area contributed by atoms with Crippen LogP contribution in [-0.2, 0) is 16.2 Å². The summed E-state index contributed by atoms with van der Waals surface area (Å²) < 4.78 is 96.7. The van der Waals surface area contributed by atoms with Crippen LogP contribution < -0.4 is 14.5 Å². The summed E-state index contributed by atoms with van der Waals surface area (Å²) in [6.07, 6.45) is -2.70. The van der Waals surface area contributed by atoms with E-state index in [1.54, 1.807) is 18.2 Å². The molecule has 0 amide bonds. The second kappa shape index (κ2) is 16.8. The Morgan fingerprint density at radius 2 is 1.31 bits per heavy atom. The van der Waals surface area contributed by atoms with E-state index in [-0.39, 0.29) is 41.6 Å². The number of rotatable bonds is 8. The van der Waals surface area contributed by atoms with Crippen LogP contribution in [0.3, 0.4) is 0 Å². The number of halogens is 6. The number of benzene rings is 3. The number of aromatic carboxylic acids is 2. The molecule has 0 saturated carbocycles. The lowest BCUT2D eigenvalue weighted by atomic mass is 10.1. The molecule has 0 atom stereocenters. The molecule has 0 aliphatic carbocycles. The molecule has 3 aromatic heterocycles. The third-order valence-corrected chi connectivity index (χ3v) is 13.3. The summed E-state index contributed by atoms with van der Waals surface area (Å²) in [5, 5.41) is 19.5. The van der Waals surface area contributed by atoms with E-state index in [1.807, 2.05) is 11.0 Å². The van der Waals surface area contributed by atoms with E-state index in [0.717, 1.165) is 34.2 Å². The van der Waals surface area contributed by atoms with Crippen molar-refractivity contribution < 1.29 is 59.4 Å². The number of carbonyl (C=O) groups is 2. The van der Waals surface area contributed by atoms with Crippen molar-refractivity contribution in [2.45, 2.75) is 30.0 Å². The van der Waals surface area contributed by atoms with Crippen LogP contribution in [0.15, 0.2) is 95.6 Å². The average molecular weight is 970 g/mol. The third-order valence-electron chi connectivity index (χ3n) is 9.66. The molecule has 0 unspecified atom stereocenters. The summed E-state index contributed by atoms with van der Waals surface area (Å²) in [7, 11) is -3.91. The smallest absolute Gasteiger partial charge is 0.433 e. The van der Waals surface area contributed by atoms with Gasteiger partial charge in [-0.3, -0.25) is 0 Å². The second-order valence-corrected chi connectivity index (χ2v) is 16.8. The number of alkyl halides is 3. The first-order valence-corrected chi connectivity index (χ1v) is 20.8. The lowest BCUT2D eigenvalue weighted by Crippen LogP contribution is -2.48.